The van der Waals surface area contributed by atoms with Crippen LogP contribution in [0.5, 0.6) is 0 Å². The number of piperazine rings is 1. The molecule has 1 unspecified atom stereocenters. The van der Waals surface area contributed by atoms with E-state index in [0.29, 0.717) is 6.54 Å². The summed E-state index contributed by atoms with van der Waals surface area (Å²) in [7, 11) is 0. The lowest BCUT2D eigenvalue weighted by molar-refractivity contribution is -0.139. The van der Waals surface area contributed by atoms with Gasteiger partial charge in [-0.3, -0.25) is 4.79 Å². The molecule has 1 aliphatic heterocycles. The van der Waals surface area contributed by atoms with Crippen LogP contribution in [0.15, 0.2) is 24.3 Å². The molecular formula is C16H21F3N2O. The van der Waals surface area contributed by atoms with Crippen LogP contribution in [0.3, 0.4) is 0 Å². The highest BCUT2D eigenvalue weighted by Crippen LogP contribution is 2.36. The van der Waals surface area contributed by atoms with Crippen LogP contribution in [0.25, 0.3) is 0 Å². The van der Waals surface area contributed by atoms with Crippen LogP contribution in [0, 0.1) is 0 Å². The predicted molar refractivity (Wildman–Crippen MR) is 78.5 cm³/mol. The van der Waals surface area contributed by atoms with E-state index in [-0.39, 0.29) is 23.9 Å². The molecular weight excluding hydrogens is 293 g/mol. The second-order valence-electron chi connectivity index (χ2n) is 5.83. The Balaban J connectivity index is 2.12. The van der Waals surface area contributed by atoms with Gasteiger partial charge in [0.2, 0.25) is 5.91 Å². The molecule has 2 atom stereocenters. The Kier molecular flexibility index (Phi) is 5.11. The van der Waals surface area contributed by atoms with Gasteiger partial charge in [-0.25, -0.2) is 0 Å². The molecule has 1 saturated heterocycles. The van der Waals surface area contributed by atoms with E-state index in [2.05, 4.69) is 5.32 Å². The van der Waals surface area contributed by atoms with Gasteiger partial charge in [0.15, 0.2) is 0 Å². The number of alkyl halides is 3. The van der Waals surface area contributed by atoms with E-state index in [0.717, 1.165) is 19.2 Å². The van der Waals surface area contributed by atoms with Crippen molar-refractivity contribution in [2.45, 2.75) is 38.4 Å². The van der Waals surface area contributed by atoms with Crippen LogP contribution in [-0.4, -0.2) is 36.5 Å². The van der Waals surface area contributed by atoms with Crippen molar-refractivity contribution in [1.82, 2.24) is 10.2 Å². The van der Waals surface area contributed by atoms with E-state index in [1.165, 1.54) is 12.1 Å². The van der Waals surface area contributed by atoms with E-state index in [1.54, 1.807) is 17.9 Å². The molecule has 22 heavy (non-hydrogen) atoms. The second kappa shape index (κ2) is 6.69. The third-order valence-electron chi connectivity index (χ3n) is 4.10. The highest BCUT2D eigenvalue weighted by atomic mass is 19.4. The summed E-state index contributed by atoms with van der Waals surface area (Å²) in [5.41, 5.74) is -0.463. The highest BCUT2D eigenvalue weighted by molar-refractivity contribution is 5.77. The number of hydrogen-bond acceptors (Lipinski definition) is 2. The summed E-state index contributed by atoms with van der Waals surface area (Å²) in [4.78, 5) is 14.1. The number of hydrogen-bond donors (Lipinski definition) is 1. The van der Waals surface area contributed by atoms with Crippen LogP contribution in [-0.2, 0) is 11.0 Å². The summed E-state index contributed by atoms with van der Waals surface area (Å²) in [6, 6.07) is 5.57. The molecule has 1 N–H and O–H groups in total. The van der Waals surface area contributed by atoms with E-state index in [1.807, 2.05) is 6.92 Å². The van der Waals surface area contributed by atoms with Gasteiger partial charge in [-0.15, -0.1) is 0 Å². The molecule has 1 amide bonds. The van der Waals surface area contributed by atoms with Gasteiger partial charge in [-0.05, 0) is 24.5 Å². The van der Waals surface area contributed by atoms with Gasteiger partial charge in [-0.1, -0.05) is 25.1 Å². The van der Waals surface area contributed by atoms with E-state index in [4.69, 9.17) is 0 Å². The molecule has 0 aromatic heterocycles. The SMILES string of the molecule is CC(CC(=O)N1CCNC[C@H]1C)c1ccccc1C(F)(F)F. The molecule has 1 heterocycles. The van der Waals surface area contributed by atoms with Crippen molar-refractivity contribution >= 4 is 5.91 Å². The number of nitrogens with one attached hydrogen (secondary N) is 1. The van der Waals surface area contributed by atoms with Crippen LogP contribution in [0.1, 0.15) is 37.3 Å². The van der Waals surface area contributed by atoms with Gasteiger partial charge >= 0.3 is 6.18 Å². The molecule has 0 bridgehead atoms. The van der Waals surface area contributed by atoms with Crippen molar-refractivity contribution in [1.29, 1.82) is 0 Å². The fourth-order valence-corrected chi connectivity index (χ4v) is 2.89. The summed E-state index contributed by atoms with van der Waals surface area (Å²) < 4.78 is 39.2. The summed E-state index contributed by atoms with van der Waals surface area (Å²) in [6.07, 6.45) is -4.30. The van der Waals surface area contributed by atoms with Crippen LogP contribution >= 0.6 is 0 Å². The molecule has 1 aliphatic rings. The van der Waals surface area contributed by atoms with Crippen LogP contribution < -0.4 is 5.32 Å². The molecule has 1 fully saturated rings. The number of amides is 1. The minimum absolute atomic E-state index is 0.0753. The summed E-state index contributed by atoms with van der Waals surface area (Å²) in [5, 5.41) is 3.19. The fraction of sp³-hybridized carbons (Fsp3) is 0.562. The number of carbonyl (C=O) groups excluding carboxylic acids is 1. The topological polar surface area (TPSA) is 32.3 Å². The number of benzene rings is 1. The lowest BCUT2D eigenvalue weighted by Gasteiger charge is -2.34. The van der Waals surface area contributed by atoms with Crippen molar-refractivity contribution in [3.8, 4) is 0 Å². The lowest BCUT2D eigenvalue weighted by atomic mass is 9.92. The quantitative estimate of drug-likeness (QED) is 0.930. The molecule has 3 nitrogen and oxygen atoms in total. The number of halogens is 3. The Bertz CT molecular complexity index is 530. The normalized spacial score (nSPS) is 20.8. The third-order valence-corrected chi connectivity index (χ3v) is 4.10. The molecule has 0 aliphatic carbocycles. The van der Waals surface area contributed by atoms with Crippen molar-refractivity contribution in [3.05, 3.63) is 35.4 Å². The summed E-state index contributed by atoms with van der Waals surface area (Å²) in [5.74, 6) is -0.550. The van der Waals surface area contributed by atoms with Gasteiger partial charge in [0, 0.05) is 32.1 Å². The molecule has 0 spiro atoms. The monoisotopic (exact) mass is 314 g/mol. The van der Waals surface area contributed by atoms with Crippen LogP contribution in [0.4, 0.5) is 13.2 Å². The Morgan fingerprint density at radius 1 is 1.41 bits per heavy atom. The zero-order chi connectivity index (χ0) is 16.3. The first kappa shape index (κ1) is 16.8. The second-order valence-corrected chi connectivity index (χ2v) is 5.83. The van der Waals surface area contributed by atoms with Gasteiger partial charge < -0.3 is 10.2 Å². The number of carbonyl (C=O) groups is 1. The van der Waals surface area contributed by atoms with E-state index >= 15 is 0 Å². The zero-order valence-electron chi connectivity index (χ0n) is 12.8. The standard InChI is InChI=1S/C16H21F3N2O/c1-11(9-15(22)21-8-7-20-10-12(21)2)13-5-3-4-6-14(13)16(17,18)19/h3-6,11-12,20H,7-10H2,1-2H3/t11?,12-/m1/s1. The first-order valence-electron chi connectivity index (χ1n) is 7.47. The van der Waals surface area contributed by atoms with Crippen molar-refractivity contribution in [3.63, 3.8) is 0 Å². The zero-order valence-corrected chi connectivity index (χ0v) is 12.8. The maximum atomic E-state index is 13.1. The molecule has 0 radical (unpaired) electrons. The molecule has 122 valence electrons. The van der Waals surface area contributed by atoms with Crippen molar-refractivity contribution < 1.29 is 18.0 Å². The average Bonchev–Trinajstić information content (AvgIpc) is 2.46. The molecule has 1 aromatic carbocycles. The number of nitrogens with zero attached hydrogens (tertiary/aromatic N) is 1. The smallest absolute Gasteiger partial charge is 0.337 e. The van der Waals surface area contributed by atoms with E-state index < -0.39 is 17.7 Å². The van der Waals surface area contributed by atoms with Gasteiger partial charge in [-0.2, -0.15) is 13.2 Å². The Hall–Kier alpha value is -1.56. The maximum Gasteiger partial charge on any atom is 0.416 e. The molecule has 6 heteroatoms. The van der Waals surface area contributed by atoms with Crippen molar-refractivity contribution in [2.24, 2.45) is 0 Å². The molecule has 2 rings (SSSR count). The summed E-state index contributed by atoms with van der Waals surface area (Å²) >= 11 is 0. The predicted octanol–water partition coefficient (Wildman–Crippen LogP) is 3.02. The van der Waals surface area contributed by atoms with Crippen LogP contribution in [0.2, 0.25) is 0 Å². The minimum Gasteiger partial charge on any atom is -0.337 e. The van der Waals surface area contributed by atoms with Crippen molar-refractivity contribution in [2.75, 3.05) is 19.6 Å². The van der Waals surface area contributed by atoms with E-state index in [9.17, 15) is 18.0 Å². The molecule has 1 aromatic rings. The van der Waals surface area contributed by atoms with Gasteiger partial charge in [0.25, 0.3) is 0 Å². The summed E-state index contributed by atoms with van der Waals surface area (Å²) in [6.45, 7) is 5.67. The first-order valence-corrected chi connectivity index (χ1v) is 7.47. The largest absolute Gasteiger partial charge is 0.416 e. The Labute approximate surface area is 128 Å². The lowest BCUT2D eigenvalue weighted by Crippen LogP contribution is -2.52. The fourth-order valence-electron chi connectivity index (χ4n) is 2.89. The van der Waals surface area contributed by atoms with Gasteiger partial charge in [0.05, 0.1) is 5.56 Å². The highest BCUT2D eigenvalue weighted by Gasteiger charge is 2.35. The maximum absolute atomic E-state index is 13.1. The first-order chi connectivity index (χ1) is 10.3. The third kappa shape index (κ3) is 3.80. The minimum atomic E-state index is -4.39. The Morgan fingerprint density at radius 3 is 2.73 bits per heavy atom. The average molecular weight is 314 g/mol. The number of rotatable bonds is 3. The van der Waals surface area contributed by atoms with Gasteiger partial charge in [0.1, 0.15) is 0 Å². The Morgan fingerprint density at radius 2 is 2.09 bits per heavy atom. The molecule has 0 saturated carbocycles.